The number of nitrogens with zero attached hydrogens (tertiary/aromatic N) is 2. The van der Waals surface area contributed by atoms with Crippen molar-refractivity contribution >= 4 is 0 Å². The maximum absolute atomic E-state index is 3.96. The monoisotopic (exact) mass is 122 g/mol. The minimum atomic E-state index is 0.829. The zero-order valence-corrected chi connectivity index (χ0v) is 5.47. The lowest BCUT2D eigenvalue weighted by Gasteiger charge is -1.71. The standard InChI is InChI=1S/C6H7N3/c1-5-8-4-6(9-5)3-7-2/h4H,1-2H3/p+1. The van der Waals surface area contributed by atoms with E-state index in [1.165, 1.54) is 0 Å². The number of aryl methyl sites for hydroxylation is 1. The Hall–Kier alpha value is -1.30. The van der Waals surface area contributed by atoms with Crippen LogP contribution in [0.2, 0.25) is 0 Å². The van der Waals surface area contributed by atoms with Crippen LogP contribution in [0.5, 0.6) is 0 Å². The van der Waals surface area contributed by atoms with Crippen LogP contribution in [0.25, 0.3) is 4.85 Å². The summed E-state index contributed by atoms with van der Waals surface area (Å²) in [6, 6.07) is 2.74. The SMILES string of the molecule is C[N+]#Cc1cnc(C)[nH]1. The van der Waals surface area contributed by atoms with E-state index in [4.69, 9.17) is 0 Å². The largest absolute Gasteiger partial charge is 0.330 e. The van der Waals surface area contributed by atoms with Crippen LogP contribution in [0.3, 0.4) is 0 Å². The molecule has 0 radical (unpaired) electrons. The zero-order valence-electron chi connectivity index (χ0n) is 5.47. The van der Waals surface area contributed by atoms with Crippen molar-refractivity contribution in [2.75, 3.05) is 7.05 Å². The van der Waals surface area contributed by atoms with E-state index in [9.17, 15) is 0 Å². The molecule has 0 saturated carbocycles. The van der Waals surface area contributed by atoms with Gasteiger partial charge in [-0.1, -0.05) is 4.85 Å². The summed E-state index contributed by atoms with van der Waals surface area (Å²) in [4.78, 5) is 10.6. The lowest BCUT2D eigenvalue weighted by molar-refractivity contribution is 1.14. The number of hydrogen-bond donors (Lipinski definition) is 1. The first-order valence-electron chi connectivity index (χ1n) is 2.69. The molecule has 0 spiro atoms. The fraction of sp³-hybridized carbons (Fsp3) is 0.333. The van der Waals surface area contributed by atoms with E-state index in [0.717, 1.165) is 11.5 Å². The molecule has 0 fully saturated rings. The Bertz CT molecular complexity index is 251. The van der Waals surface area contributed by atoms with Gasteiger partial charge >= 0.3 is 6.07 Å². The second kappa shape index (κ2) is 2.31. The van der Waals surface area contributed by atoms with E-state index in [0.29, 0.717) is 0 Å². The van der Waals surface area contributed by atoms with Crippen molar-refractivity contribution in [2.24, 2.45) is 0 Å². The second-order valence-electron chi connectivity index (χ2n) is 1.72. The summed E-state index contributed by atoms with van der Waals surface area (Å²) in [5, 5.41) is 0. The Morgan fingerprint density at radius 3 is 3.00 bits per heavy atom. The van der Waals surface area contributed by atoms with Crippen LogP contribution in [0.15, 0.2) is 6.20 Å². The Kier molecular flexibility index (Phi) is 1.50. The van der Waals surface area contributed by atoms with Gasteiger partial charge in [0.25, 0.3) is 7.05 Å². The Morgan fingerprint density at radius 2 is 2.56 bits per heavy atom. The van der Waals surface area contributed by atoms with Crippen LogP contribution >= 0.6 is 0 Å². The number of hydrogen-bond acceptors (Lipinski definition) is 1. The number of aromatic nitrogens is 2. The van der Waals surface area contributed by atoms with Crippen molar-refractivity contribution in [3.05, 3.63) is 22.6 Å². The Labute approximate surface area is 53.6 Å². The Balaban J connectivity index is 2.93. The molecule has 3 nitrogen and oxygen atoms in total. The van der Waals surface area contributed by atoms with Crippen molar-refractivity contribution in [3.63, 3.8) is 0 Å². The van der Waals surface area contributed by atoms with Crippen LogP contribution in [0, 0.1) is 13.0 Å². The highest BCUT2D eigenvalue weighted by molar-refractivity contribution is 5.20. The van der Waals surface area contributed by atoms with Crippen molar-refractivity contribution < 1.29 is 0 Å². The number of nitrogens with one attached hydrogen (secondary N) is 1. The van der Waals surface area contributed by atoms with Gasteiger partial charge in [0, 0.05) is 0 Å². The van der Waals surface area contributed by atoms with Gasteiger partial charge in [-0.05, 0) is 6.92 Å². The quantitative estimate of drug-likeness (QED) is 0.547. The summed E-state index contributed by atoms with van der Waals surface area (Å²) in [7, 11) is 1.68. The van der Waals surface area contributed by atoms with Gasteiger partial charge in [-0.2, -0.15) is 0 Å². The smallest absolute Gasteiger partial charge is 0.330 e. The molecule has 1 rings (SSSR count). The van der Waals surface area contributed by atoms with Crippen molar-refractivity contribution in [1.29, 1.82) is 0 Å². The van der Waals surface area contributed by atoms with E-state index < -0.39 is 0 Å². The van der Waals surface area contributed by atoms with Gasteiger partial charge < -0.3 is 4.98 Å². The molecule has 9 heavy (non-hydrogen) atoms. The summed E-state index contributed by atoms with van der Waals surface area (Å²) in [6.45, 7) is 1.89. The predicted molar refractivity (Wildman–Crippen MR) is 35.6 cm³/mol. The fourth-order valence-electron chi connectivity index (χ4n) is 0.598. The minimum Gasteiger partial charge on any atom is -0.330 e. The third-order valence-corrected chi connectivity index (χ3v) is 0.935. The van der Waals surface area contributed by atoms with Crippen LogP contribution in [-0.2, 0) is 0 Å². The molecule has 46 valence electrons. The number of aromatic amines is 1. The first-order valence-corrected chi connectivity index (χ1v) is 2.69. The molecule has 0 unspecified atom stereocenters. The molecule has 1 aromatic heterocycles. The Morgan fingerprint density at radius 1 is 1.78 bits per heavy atom. The van der Waals surface area contributed by atoms with E-state index in [1.54, 1.807) is 13.2 Å². The topological polar surface area (TPSA) is 33.0 Å². The molecule has 0 aromatic carbocycles. The van der Waals surface area contributed by atoms with E-state index >= 15 is 0 Å². The van der Waals surface area contributed by atoms with Crippen molar-refractivity contribution in [2.45, 2.75) is 6.92 Å². The summed E-state index contributed by atoms with van der Waals surface area (Å²) in [5.74, 6) is 0.890. The van der Waals surface area contributed by atoms with Gasteiger partial charge in [-0.3, -0.25) is 0 Å². The van der Waals surface area contributed by atoms with Gasteiger partial charge in [-0.15, -0.1) is 0 Å². The maximum atomic E-state index is 3.96. The molecule has 0 aliphatic rings. The molecule has 0 saturated heterocycles. The summed E-state index contributed by atoms with van der Waals surface area (Å²) in [5.41, 5.74) is 0.829. The molecule has 0 amide bonds. The predicted octanol–water partition coefficient (Wildman–Crippen LogP) is 1.03. The average Bonchev–Trinajstić information content (AvgIpc) is 2.17. The van der Waals surface area contributed by atoms with Crippen LogP contribution in [0.4, 0.5) is 0 Å². The zero-order chi connectivity index (χ0) is 6.69. The second-order valence-corrected chi connectivity index (χ2v) is 1.72. The lowest BCUT2D eigenvalue weighted by Crippen LogP contribution is -1.72. The van der Waals surface area contributed by atoms with Crippen molar-refractivity contribution in [3.8, 4) is 6.07 Å². The third kappa shape index (κ3) is 1.29. The molecule has 3 heteroatoms. The molecule has 1 heterocycles. The molecule has 1 N–H and O–H groups in total. The van der Waals surface area contributed by atoms with Crippen LogP contribution < -0.4 is 0 Å². The average molecular weight is 122 g/mol. The molecular formula is C6H8N3+. The van der Waals surface area contributed by atoms with Gasteiger partial charge in [0.1, 0.15) is 5.82 Å². The number of H-pyrrole nitrogens is 1. The third-order valence-electron chi connectivity index (χ3n) is 0.935. The maximum Gasteiger partial charge on any atom is 0.330 e. The number of rotatable bonds is 0. The van der Waals surface area contributed by atoms with Crippen molar-refractivity contribution in [1.82, 2.24) is 9.97 Å². The van der Waals surface area contributed by atoms with Gasteiger partial charge in [0.2, 0.25) is 0 Å². The highest BCUT2D eigenvalue weighted by Gasteiger charge is 1.94. The minimum absolute atomic E-state index is 0.829. The molecule has 0 atom stereocenters. The summed E-state index contributed by atoms with van der Waals surface area (Å²) < 4.78 is 0. The first-order chi connectivity index (χ1) is 4.33. The normalized spacial score (nSPS) is 8.22. The van der Waals surface area contributed by atoms with E-state index in [-0.39, 0.29) is 0 Å². The lowest BCUT2D eigenvalue weighted by atomic mass is 10.5. The molecule has 0 bridgehead atoms. The van der Waals surface area contributed by atoms with E-state index in [1.807, 2.05) is 6.92 Å². The highest BCUT2D eigenvalue weighted by atomic mass is 14.9. The summed E-state index contributed by atoms with van der Waals surface area (Å²) in [6.07, 6.45) is 1.70. The highest BCUT2D eigenvalue weighted by Crippen LogP contribution is 1.91. The fourth-order valence-corrected chi connectivity index (χ4v) is 0.598. The molecular weight excluding hydrogens is 114 g/mol. The van der Waals surface area contributed by atoms with Gasteiger partial charge in [0.15, 0.2) is 5.69 Å². The van der Waals surface area contributed by atoms with Gasteiger partial charge in [-0.25, -0.2) is 4.98 Å². The number of imidazole rings is 1. The van der Waals surface area contributed by atoms with Gasteiger partial charge in [0.05, 0.1) is 6.20 Å². The summed E-state index contributed by atoms with van der Waals surface area (Å²) >= 11 is 0. The van der Waals surface area contributed by atoms with Crippen LogP contribution in [-0.4, -0.2) is 17.0 Å². The first kappa shape index (κ1) is 5.83. The van der Waals surface area contributed by atoms with E-state index in [2.05, 4.69) is 20.9 Å². The molecule has 0 aliphatic heterocycles. The molecule has 1 aromatic rings. The molecule has 0 aliphatic carbocycles. The van der Waals surface area contributed by atoms with Crippen LogP contribution in [0.1, 0.15) is 11.5 Å².